The summed E-state index contributed by atoms with van der Waals surface area (Å²) in [5.74, 6) is 0.948. The average Bonchev–Trinajstić information content (AvgIpc) is 2.81. The molecule has 0 amide bonds. The summed E-state index contributed by atoms with van der Waals surface area (Å²) in [7, 11) is 0. The first-order valence-corrected chi connectivity index (χ1v) is 6.84. The van der Waals surface area contributed by atoms with Crippen LogP contribution in [0.2, 0.25) is 0 Å². The zero-order chi connectivity index (χ0) is 13.9. The monoisotopic (exact) mass is 273 g/mol. The van der Waals surface area contributed by atoms with Gasteiger partial charge in [-0.25, -0.2) is 4.98 Å². The molecule has 1 saturated heterocycles. The molecule has 2 aromatic heterocycles. The Balaban J connectivity index is 1.79. The SMILES string of the molecule is Cc1c(Nc2nccc(N)n2)cnn1C1CCNCC1. The van der Waals surface area contributed by atoms with Crippen LogP contribution in [0.4, 0.5) is 17.5 Å². The van der Waals surface area contributed by atoms with Crippen molar-refractivity contribution in [3.63, 3.8) is 0 Å². The quantitative estimate of drug-likeness (QED) is 0.779. The Morgan fingerprint density at radius 2 is 2.20 bits per heavy atom. The Morgan fingerprint density at radius 1 is 1.40 bits per heavy atom. The fourth-order valence-electron chi connectivity index (χ4n) is 2.52. The Hall–Kier alpha value is -2.15. The summed E-state index contributed by atoms with van der Waals surface area (Å²) < 4.78 is 2.09. The second kappa shape index (κ2) is 5.46. The van der Waals surface area contributed by atoms with Gasteiger partial charge in [-0.2, -0.15) is 10.1 Å². The van der Waals surface area contributed by atoms with E-state index in [-0.39, 0.29) is 0 Å². The fraction of sp³-hybridized carbons (Fsp3) is 0.462. The van der Waals surface area contributed by atoms with Gasteiger partial charge in [-0.15, -0.1) is 0 Å². The lowest BCUT2D eigenvalue weighted by Crippen LogP contribution is -2.30. The third kappa shape index (κ3) is 2.57. The lowest BCUT2D eigenvalue weighted by molar-refractivity contribution is 0.338. The van der Waals surface area contributed by atoms with Gasteiger partial charge in [-0.05, 0) is 38.9 Å². The van der Waals surface area contributed by atoms with Crippen molar-refractivity contribution < 1.29 is 0 Å². The minimum atomic E-state index is 0.450. The van der Waals surface area contributed by atoms with E-state index in [9.17, 15) is 0 Å². The highest BCUT2D eigenvalue weighted by Gasteiger charge is 2.19. The molecule has 7 nitrogen and oxygen atoms in total. The first-order chi connectivity index (χ1) is 9.74. The highest BCUT2D eigenvalue weighted by molar-refractivity contribution is 5.56. The summed E-state index contributed by atoms with van der Waals surface area (Å²) in [4.78, 5) is 8.29. The van der Waals surface area contributed by atoms with Gasteiger partial charge in [0.1, 0.15) is 5.82 Å². The van der Waals surface area contributed by atoms with Crippen LogP contribution in [-0.2, 0) is 0 Å². The second-order valence-corrected chi connectivity index (χ2v) is 5.00. The van der Waals surface area contributed by atoms with Gasteiger partial charge in [0.15, 0.2) is 0 Å². The minimum absolute atomic E-state index is 0.450. The van der Waals surface area contributed by atoms with E-state index >= 15 is 0 Å². The largest absolute Gasteiger partial charge is 0.384 e. The molecule has 1 aliphatic rings. The fourth-order valence-corrected chi connectivity index (χ4v) is 2.52. The third-order valence-electron chi connectivity index (χ3n) is 3.62. The molecule has 0 aromatic carbocycles. The zero-order valence-electron chi connectivity index (χ0n) is 11.5. The topological polar surface area (TPSA) is 93.7 Å². The normalized spacial score (nSPS) is 16.2. The van der Waals surface area contributed by atoms with Crippen LogP contribution in [0.1, 0.15) is 24.6 Å². The van der Waals surface area contributed by atoms with Crippen LogP contribution in [0.15, 0.2) is 18.5 Å². The molecule has 0 spiro atoms. The van der Waals surface area contributed by atoms with Crippen LogP contribution in [0.3, 0.4) is 0 Å². The van der Waals surface area contributed by atoms with E-state index in [0.29, 0.717) is 17.8 Å². The Morgan fingerprint density at radius 3 is 2.95 bits per heavy atom. The van der Waals surface area contributed by atoms with Crippen molar-refractivity contribution in [2.24, 2.45) is 0 Å². The number of aromatic nitrogens is 4. The molecule has 1 fully saturated rings. The molecule has 1 aliphatic heterocycles. The highest BCUT2D eigenvalue weighted by Crippen LogP contribution is 2.25. The molecule has 0 atom stereocenters. The molecule has 0 bridgehead atoms. The standard InChI is InChI=1S/C13H19N7/c1-9-11(18-13-16-7-4-12(14)19-13)8-17-20(9)10-2-5-15-6-3-10/h4,7-8,10,15H,2-3,5-6H2,1H3,(H3,14,16,18,19). The van der Waals surface area contributed by atoms with E-state index in [0.717, 1.165) is 37.3 Å². The minimum Gasteiger partial charge on any atom is -0.384 e. The van der Waals surface area contributed by atoms with E-state index in [2.05, 4.69) is 37.3 Å². The first kappa shape index (κ1) is 12.9. The number of nitrogen functional groups attached to an aromatic ring is 1. The summed E-state index contributed by atoms with van der Waals surface area (Å²) in [6.07, 6.45) is 5.68. The number of nitrogens with one attached hydrogen (secondary N) is 2. The van der Waals surface area contributed by atoms with Crippen LogP contribution in [0.5, 0.6) is 0 Å². The Kier molecular flexibility index (Phi) is 3.51. The number of hydrogen-bond donors (Lipinski definition) is 3. The molecule has 0 saturated carbocycles. The molecular formula is C13H19N7. The van der Waals surface area contributed by atoms with E-state index in [1.54, 1.807) is 12.3 Å². The van der Waals surface area contributed by atoms with Crippen LogP contribution < -0.4 is 16.4 Å². The predicted molar refractivity (Wildman–Crippen MR) is 77.8 cm³/mol. The lowest BCUT2D eigenvalue weighted by Gasteiger charge is -2.24. The highest BCUT2D eigenvalue weighted by atomic mass is 15.3. The molecule has 7 heteroatoms. The van der Waals surface area contributed by atoms with Crippen molar-refractivity contribution in [1.29, 1.82) is 0 Å². The molecule has 2 aromatic rings. The van der Waals surface area contributed by atoms with Crippen molar-refractivity contribution >= 4 is 17.5 Å². The summed E-state index contributed by atoms with van der Waals surface area (Å²) in [6.45, 7) is 4.15. The van der Waals surface area contributed by atoms with Crippen LogP contribution in [0.25, 0.3) is 0 Å². The van der Waals surface area contributed by atoms with Gasteiger partial charge in [0, 0.05) is 6.20 Å². The van der Waals surface area contributed by atoms with Crippen molar-refractivity contribution in [3.8, 4) is 0 Å². The van der Waals surface area contributed by atoms with E-state index in [4.69, 9.17) is 5.73 Å². The third-order valence-corrected chi connectivity index (χ3v) is 3.62. The maximum absolute atomic E-state index is 5.65. The number of anilines is 3. The maximum atomic E-state index is 5.65. The van der Waals surface area contributed by atoms with Gasteiger partial charge in [-0.1, -0.05) is 0 Å². The number of hydrogen-bond acceptors (Lipinski definition) is 6. The maximum Gasteiger partial charge on any atom is 0.229 e. The first-order valence-electron chi connectivity index (χ1n) is 6.84. The summed E-state index contributed by atoms with van der Waals surface area (Å²) in [5, 5.41) is 11.0. The van der Waals surface area contributed by atoms with E-state index in [1.807, 2.05) is 6.20 Å². The van der Waals surface area contributed by atoms with Crippen molar-refractivity contribution in [2.75, 3.05) is 24.1 Å². The average molecular weight is 273 g/mol. The number of nitrogens with zero attached hydrogens (tertiary/aromatic N) is 4. The molecule has 0 aliphatic carbocycles. The summed E-state index contributed by atoms with van der Waals surface area (Å²) in [6, 6.07) is 2.13. The van der Waals surface area contributed by atoms with Gasteiger partial charge in [0.05, 0.1) is 23.6 Å². The smallest absolute Gasteiger partial charge is 0.229 e. The van der Waals surface area contributed by atoms with Gasteiger partial charge in [-0.3, -0.25) is 4.68 Å². The predicted octanol–water partition coefficient (Wildman–Crippen LogP) is 1.23. The lowest BCUT2D eigenvalue weighted by atomic mass is 10.1. The summed E-state index contributed by atoms with van der Waals surface area (Å²) in [5.41, 5.74) is 7.68. The molecule has 4 N–H and O–H groups in total. The number of nitrogens with two attached hydrogens (primary N) is 1. The van der Waals surface area contributed by atoms with Crippen molar-refractivity contribution in [3.05, 3.63) is 24.2 Å². The summed E-state index contributed by atoms with van der Waals surface area (Å²) >= 11 is 0. The van der Waals surface area contributed by atoms with Crippen LogP contribution in [0, 0.1) is 6.92 Å². The molecule has 0 unspecified atom stereocenters. The Labute approximate surface area is 117 Å². The van der Waals surface area contributed by atoms with Crippen molar-refractivity contribution in [1.82, 2.24) is 25.1 Å². The van der Waals surface area contributed by atoms with Gasteiger partial charge in [0.25, 0.3) is 0 Å². The van der Waals surface area contributed by atoms with Gasteiger partial charge < -0.3 is 16.4 Å². The van der Waals surface area contributed by atoms with Gasteiger partial charge in [0.2, 0.25) is 5.95 Å². The van der Waals surface area contributed by atoms with Crippen LogP contribution >= 0.6 is 0 Å². The molecule has 20 heavy (non-hydrogen) atoms. The Bertz CT molecular complexity index is 586. The van der Waals surface area contributed by atoms with Crippen molar-refractivity contribution in [2.45, 2.75) is 25.8 Å². The number of piperidine rings is 1. The molecular weight excluding hydrogens is 254 g/mol. The van der Waals surface area contributed by atoms with E-state index in [1.165, 1.54) is 0 Å². The van der Waals surface area contributed by atoms with Crippen LogP contribution in [-0.4, -0.2) is 32.8 Å². The molecule has 3 heterocycles. The van der Waals surface area contributed by atoms with E-state index < -0.39 is 0 Å². The van der Waals surface area contributed by atoms with Gasteiger partial charge >= 0.3 is 0 Å². The molecule has 0 radical (unpaired) electrons. The number of rotatable bonds is 3. The zero-order valence-corrected chi connectivity index (χ0v) is 11.5. The molecule has 3 rings (SSSR count). The second-order valence-electron chi connectivity index (χ2n) is 5.00. The molecule has 106 valence electrons.